The molecule has 2 aliphatic rings. The quantitative estimate of drug-likeness (QED) is 0.539. The fraction of sp³-hybridized carbons (Fsp3) is 0.538. The van der Waals surface area contributed by atoms with Gasteiger partial charge in [-0.1, -0.05) is 38.8 Å². The van der Waals surface area contributed by atoms with Gasteiger partial charge in [0.05, 0.1) is 18.1 Å². The van der Waals surface area contributed by atoms with Gasteiger partial charge in [0.15, 0.2) is 0 Å². The van der Waals surface area contributed by atoms with E-state index in [9.17, 15) is 24.3 Å². The monoisotopic (exact) mass is 482 g/mol. The van der Waals surface area contributed by atoms with E-state index in [1.54, 1.807) is 12.1 Å². The number of hydrogen-bond donors (Lipinski definition) is 3. The molecular weight excluding hydrogens is 448 g/mol. The number of terminal acetylenes is 1. The van der Waals surface area contributed by atoms with Crippen molar-refractivity contribution in [2.24, 2.45) is 17.1 Å². The molecule has 2 fully saturated rings. The lowest BCUT2D eigenvalue weighted by molar-refractivity contribution is -0.148. The van der Waals surface area contributed by atoms with E-state index < -0.39 is 35.6 Å². The molecule has 2 heterocycles. The van der Waals surface area contributed by atoms with Crippen LogP contribution < -0.4 is 11.1 Å². The first kappa shape index (κ1) is 26.2. The number of nitrogens with two attached hydrogens (primary N) is 1. The lowest BCUT2D eigenvalue weighted by Crippen LogP contribution is -2.59. The summed E-state index contributed by atoms with van der Waals surface area (Å²) < 4.78 is 0. The van der Waals surface area contributed by atoms with Gasteiger partial charge in [-0.15, -0.1) is 6.42 Å². The van der Waals surface area contributed by atoms with E-state index in [1.165, 1.54) is 9.80 Å². The third kappa shape index (κ3) is 6.01. The summed E-state index contributed by atoms with van der Waals surface area (Å²) in [5.74, 6) is 0.959. The second-order valence-electron chi connectivity index (χ2n) is 10.4. The number of carbonyl (C=O) groups excluding carboxylic acids is 4. The van der Waals surface area contributed by atoms with E-state index in [2.05, 4.69) is 11.2 Å². The lowest BCUT2D eigenvalue weighted by Gasteiger charge is -2.45. The van der Waals surface area contributed by atoms with Gasteiger partial charge < -0.3 is 26.0 Å². The average Bonchev–Trinajstić information content (AvgIpc) is 3.18. The first-order chi connectivity index (χ1) is 16.4. The molecular formula is C26H34N4O5. The van der Waals surface area contributed by atoms with Crippen LogP contribution in [0, 0.1) is 23.7 Å². The summed E-state index contributed by atoms with van der Waals surface area (Å²) in [4.78, 5) is 54.2. The van der Waals surface area contributed by atoms with Gasteiger partial charge in [0.25, 0.3) is 0 Å². The number of nitrogens with one attached hydrogen (secondary N) is 1. The summed E-state index contributed by atoms with van der Waals surface area (Å²) in [6, 6.07) is 4.93. The molecule has 0 radical (unpaired) electrons. The largest absolute Gasteiger partial charge is 0.391 e. The van der Waals surface area contributed by atoms with Crippen LogP contribution in [0.5, 0.6) is 0 Å². The molecule has 3 rings (SSSR count). The van der Waals surface area contributed by atoms with E-state index in [0.717, 1.165) is 11.1 Å². The van der Waals surface area contributed by atoms with Gasteiger partial charge >= 0.3 is 6.03 Å². The number of ketones is 1. The molecule has 0 aliphatic carbocycles. The number of aliphatic hydroxyl groups is 1. The highest BCUT2D eigenvalue weighted by atomic mass is 16.3. The minimum absolute atomic E-state index is 0.00238. The van der Waals surface area contributed by atoms with Crippen LogP contribution in [0.15, 0.2) is 24.3 Å². The molecule has 1 aromatic rings. The molecule has 0 aromatic heterocycles. The summed E-state index contributed by atoms with van der Waals surface area (Å²) in [6.07, 6.45) is 4.84. The number of piperidine rings is 1. The molecule has 4 atom stereocenters. The zero-order valence-corrected chi connectivity index (χ0v) is 20.5. The Morgan fingerprint density at radius 1 is 1.23 bits per heavy atom. The predicted molar refractivity (Wildman–Crippen MR) is 130 cm³/mol. The standard InChI is InChI=1S/C26H34N4O5/c1-5-16-6-8-17(9-7-16)14-28-23(33)21-13-19(32)15-30(21)24(34)22(26(2,3)4)20-12-18(31)10-11-29(20)25(27)35/h1,6-9,19-22,32H,10-15H2,2-4H3,(H2,27,35)(H,28,33)/t19-,20?,21+,22+/m1/s1. The van der Waals surface area contributed by atoms with Crippen LogP contribution in [-0.4, -0.2) is 69.8 Å². The third-order valence-electron chi connectivity index (χ3n) is 6.79. The van der Waals surface area contributed by atoms with Crippen LogP contribution in [0.3, 0.4) is 0 Å². The number of Topliss-reactive ketones (excluding diaryl/α,β-unsaturated/α-hetero) is 1. The molecule has 2 aliphatic heterocycles. The zero-order chi connectivity index (χ0) is 25.9. The predicted octanol–water partition coefficient (Wildman–Crippen LogP) is 1.02. The Balaban J connectivity index is 1.81. The first-order valence-electron chi connectivity index (χ1n) is 11.8. The molecule has 9 nitrogen and oxygen atoms in total. The number of aliphatic hydroxyl groups excluding tert-OH is 1. The summed E-state index contributed by atoms with van der Waals surface area (Å²) in [7, 11) is 0. The van der Waals surface area contributed by atoms with Crippen molar-refractivity contribution in [3.05, 3.63) is 35.4 Å². The van der Waals surface area contributed by atoms with Crippen LogP contribution in [0.25, 0.3) is 0 Å². The Hall–Kier alpha value is -3.38. The fourth-order valence-corrected chi connectivity index (χ4v) is 5.05. The van der Waals surface area contributed by atoms with Crippen LogP contribution in [-0.2, 0) is 20.9 Å². The van der Waals surface area contributed by atoms with Gasteiger partial charge in [0.2, 0.25) is 11.8 Å². The number of carbonyl (C=O) groups is 4. The number of primary amides is 1. The van der Waals surface area contributed by atoms with Gasteiger partial charge in [-0.2, -0.15) is 0 Å². The van der Waals surface area contributed by atoms with E-state index in [0.29, 0.717) is 0 Å². The van der Waals surface area contributed by atoms with Gasteiger partial charge in [-0.05, 0) is 23.1 Å². The Labute approximate surface area is 206 Å². The molecule has 35 heavy (non-hydrogen) atoms. The topological polar surface area (TPSA) is 133 Å². The number of β-amino-alcohol motifs (C(OH)–C–C–N with tert-alkyl or cyclic N) is 1. The van der Waals surface area contributed by atoms with E-state index >= 15 is 0 Å². The Morgan fingerprint density at radius 2 is 1.89 bits per heavy atom. The number of amides is 4. The van der Waals surface area contributed by atoms with Crippen LogP contribution in [0.4, 0.5) is 4.79 Å². The summed E-state index contributed by atoms with van der Waals surface area (Å²) in [6.45, 7) is 5.97. The van der Waals surface area contributed by atoms with Crippen LogP contribution in [0.2, 0.25) is 0 Å². The van der Waals surface area contributed by atoms with Crippen LogP contribution >= 0.6 is 0 Å². The van der Waals surface area contributed by atoms with Crippen molar-refractivity contribution in [1.82, 2.24) is 15.1 Å². The minimum Gasteiger partial charge on any atom is -0.391 e. The van der Waals surface area contributed by atoms with Crippen molar-refractivity contribution in [3.8, 4) is 12.3 Å². The molecule has 188 valence electrons. The highest BCUT2D eigenvalue weighted by molar-refractivity contribution is 5.91. The van der Waals surface area contributed by atoms with Crippen molar-refractivity contribution < 1.29 is 24.3 Å². The number of nitrogens with zero attached hydrogens (tertiary/aromatic N) is 2. The average molecular weight is 483 g/mol. The van der Waals surface area contributed by atoms with Gasteiger partial charge in [-0.25, -0.2) is 4.79 Å². The van der Waals surface area contributed by atoms with Gasteiger partial charge in [0.1, 0.15) is 11.8 Å². The SMILES string of the molecule is C#Cc1ccc(CNC(=O)[C@@H]2C[C@@H](O)CN2C(=O)[C@H](C2CC(=O)CCN2C(N)=O)C(C)(C)C)cc1. The Morgan fingerprint density at radius 3 is 2.46 bits per heavy atom. The molecule has 0 spiro atoms. The fourth-order valence-electron chi connectivity index (χ4n) is 5.05. The highest BCUT2D eigenvalue weighted by Gasteiger charge is 2.49. The molecule has 0 saturated carbocycles. The minimum atomic E-state index is -0.867. The summed E-state index contributed by atoms with van der Waals surface area (Å²) in [5.41, 5.74) is 6.52. The lowest BCUT2D eigenvalue weighted by atomic mass is 9.72. The van der Waals surface area contributed by atoms with Gasteiger partial charge in [0, 0.05) is 44.5 Å². The van der Waals surface area contributed by atoms with Crippen molar-refractivity contribution in [3.63, 3.8) is 0 Å². The Kier molecular flexibility index (Phi) is 7.86. The molecule has 2 saturated heterocycles. The summed E-state index contributed by atoms with van der Waals surface area (Å²) in [5, 5.41) is 13.2. The molecule has 1 aromatic carbocycles. The summed E-state index contributed by atoms with van der Waals surface area (Å²) >= 11 is 0. The number of hydrogen-bond acceptors (Lipinski definition) is 5. The molecule has 4 N–H and O–H groups in total. The van der Waals surface area contributed by atoms with Crippen molar-refractivity contribution >= 4 is 23.6 Å². The molecule has 1 unspecified atom stereocenters. The maximum Gasteiger partial charge on any atom is 0.315 e. The van der Waals surface area contributed by atoms with Gasteiger partial charge in [-0.3, -0.25) is 14.4 Å². The normalized spacial score (nSPS) is 23.5. The maximum absolute atomic E-state index is 13.9. The highest BCUT2D eigenvalue weighted by Crippen LogP contribution is 2.37. The maximum atomic E-state index is 13.9. The second-order valence-corrected chi connectivity index (χ2v) is 10.4. The first-order valence-corrected chi connectivity index (χ1v) is 11.8. The second kappa shape index (κ2) is 10.5. The molecule has 0 bridgehead atoms. The number of benzene rings is 1. The number of urea groups is 1. The third-order valence-corrected chi connectivity index (χ3v) is 6.79. The number of likely N-dealkylation sites (tertiary alicyclic amines) is 2. The van der Waals surface area contributed by atoms with E-state index in [1.807, 2.05) is 32.9 Å². The Bertz CT molecular complexity index is 1020. The van der Waals surface area contributed by atoms with E-state index in [-0.39, 0.29) is 56.5 Å². The van der Waals surface area contributed by atoms with Crippen LogP contribution in [0.1, 0.15) is 51.2 Å². The van der Waals surface area contributed by atoms with E-state index in [4.69, 9.17) is 12.2 Å². The van der Waals surface area contributed by atoms with Crippen molar-refractivity contribution in [1.29, 1.82) is 0 Å². The van der Waals surface area contributed by atoms with Crippen molar-refractivity contribution in [2.45, 2.75) is 64.8 Å². The smallest absolute Gasteiger partial charge is 0.315 e. The molecule has 4 amide bonds. The molecule has 9 heteroatoms. The zero-order valence-electron chi connectivity index (χ0n) is 20.5. The van der Waals surface area contributed by atoms with Crippen molar-refractivity contribution in [2.75, 3.05) is 13.1 Å². The number of rotatable bonds is 5.